The third-order valence-electron chi connectivity index (χ3n) is 2.96. The zero-order valence-corrected chi connectivity index (χ0v) is 11.2. The van der Waals surface area contributed by atoms with Crippen LogP contribution in [0.15, 0.2) is 30.3 Å². The average Bonchev–Trinajstić information content (AvgIpc) is 2.38. The van der Waals surface area contributed by atoms with Gasteiger partial charge < -0.3 is 10.1 Å². The molecule has 1 aromatic carbocycles. The molecule has 1 N–H and O–H groups in total. The Morgan fingerprint density at radius 2 is 2.22 bits per heavy atom. The second kappa shape index (κ2) is 6.59. The van der Waals surface area contributed by atoms with Crippen LogP contribution in [-0.2, 0) is 11.3 Å². The van der Waals surface area contributed by atoms with Gasteiger partial charge in [-0.15, -0.1) is 0 Å². The highest BCUT2D eigenvalue weighted by Gasteiger charge is 2.17. The van der Waals surface area contributed by atoms with E-state index in [1.54, 1.807) is 0 Å². The standard InChI is InChI=1S/C14H19NO2S/c1-18-9-5-8-13(11-18)15-14(16)17-10-12-6-3-2-4-7-12/h2-4,6-7,13H,1,5,8-11H2,(H,15,16)/t13-,18?/m0/s1. The number of alkyl carbamates (subject to hydrolysis) is 1. The first kappa shape index (κ1) is 13.1. The van der Waals surface area contributed by atoms with E-state index in [0.29, 0.717) is 6.61 Å². The van der Waals surface area contributed by atoms with Gasteiger partial charge in [0, 0.05) is 11.8 Å². The van der Waals surface area contributed by atoms with Gasteiger partial charge in [-0.05, 0) is 24.2 Å². The van der Waals surface area contributed by atoms with Crippen LogP contribution >= 0.6 is 10.5 Å². The van der Waals surface area contributed by atoms with Gasteiger partial charge in [0.1, 0.15) is 6.61 Å². The van der Waals surface area contributed by atoms with Crippen molar-refractivity contribution in [3.8, 4) is 0 Å². The maximum atomic E-state index is 11.6. The zero-order valence-electron chi connectivity index (χ0n) is 10.4. The fourth-order valence-corrected chi connectivity index (χ4v) is 3.59. The molecule has 3 nitrogen and oxygen atoms in total. The van der Waals surface area contributed by atoms with Crippen LogP contribution in [0.25, 0.3) is 0 Å². The molecule has 4 heteroatoms. The summed E-state index contributed by atoms with van der Waals surface area (Å²) in [4.78, 5) is 11.6. The van der Waals surface area contributed by atoms with E-state index in [1.807, 2.05) is 30.3 Å². The van der Waals surface area contributed by atoms with Gasteiger partial charge in [0.2, 0.25) is 0 Å². The van der Waals surface area contributed by atoms with Crippen molar-refractivity contribution in [1.82, 2.24) is 5.32 Å². The first-order valence-electron chi connectivity index (χ1n) is 6.18. The molecule has 1 heterocycles. The van der Waals surface area contributed by atoms with Crippen LogP contribution in [0, 0.1) is 0 Å². The van der Waals surface area contributed by atoms with E-state index in [0.717, 1.165) is 24.2 Å². The predicted molar refractivity (Wildman–Crippen MR) is 77.2 cm³/mol. The van der Waals surface area contributed by atoms with Crippen molar-refractivity contribution in [2.45, 2.75) is 25.5 Å². The molecule has 1 unspecified atom stereocenters. The van der Waals surface area contributed by atoms with E-state index >= 15 is 0 Å². The number of carbonyl (C=O) groups is 1. The van der Waals surface area contributed by atoms with Crippen LogP contribution in [0.4, 0.5) is 4.79 Å². The molecule has 1 saturated heterocycles. The molecule has 18 heavy (non-hydrogen) atoms. The molecule has 0 radical (unpaired) electrons. The predicted octanol–water partition coefficient (Wildman–Crippen LogP) is 2.78. The van der Waals surface area contributed by atoms with Gasteiger partial charge in [-0.25, -0.2) is 4.79 Å². The van der Waals surface area contributed by atoms with Crippen LogP contribution < -0.4 is 5.32 Å². The summed E-state index contributed by atoms with van der Waals surface area (Å²) in [6, 6.07) is 9.95. The molecule has 1 fully saturated rings. The molecular formula is C14H19NO2S. The van der Waals surface area contributed by atoms with Gasteiger partial charge in [-0.1, -0.05) is 36.2 Å². The summed E-state index contributed by atoms with van der Waals surface area (Å²) in [6.07, 6.45) is 1.87. The minimum atomic E-state index is -0.317. The summed E-state index contributed by atoms with van der Waals surface area (Å²) in [5.41, 5.74) is 1.01. The summed E-state index contributed by atoms with van der Waals surface area (Å²) >= 11 is 0. The fraction of sp³-hybridized carbons (Fsp3) is 0.429. The summed E-state index contributed by atoms with van der Waals surface area (Å²) in [6.45, 7) is 0.329. The molecule has 0 spiro atoms. The Hall–Kier alpha value is -1.29. The van der Waals surface area contributed by atoms with E-state index in [-0.39, 0.29) is 22.6 Å². The second-order valence-electron chi connectivity index (χ2n) is 4.53. The maximum absolute atomic E-state index is 11.6. The maximum Gasteiger partial charge on any atom is 0.407 e. The topological polar surface area (TPSA) is 38.3 Å². The Labute approximate surface area is 110 Å². The van der Waals surface area contributed by atoms with E-state index < -0.39 is 0 Å². The highest BCUT2D eigenvalue weighted by molar-refractivity contribution is 8.14. The third-order valence-corrected chi connectivity index (χ3v) is 4.70. The zero-order chi connectivity index (χ0) is 12.8. The average molecular weight is 265 g/mol. The lowest BCUT2D eigenvalue weighted by atomic mass is 10.2. The SMILES string of the molecule is C=S1CCC[C@H](NC(=O)OCc2ccccc2)C1. The van der Waals surface area contributed by atoms with Gasteiger partial charge in [0.05, 0.1) is 0 Å². The second-order valence-corrected chi connectivity index (χ2v) is 6.49. The van der Waals surface area contributed by atoms with Gasteiger partial charge in [-0.2, -0.15) is 10.5 Å². The molecule has 98 valence electrons. The summed E-state index contributed by atoms with van der Waals surface area (Å²) < 4.78 is 5.20. The summed E-state index contributed by atoms with van der Waals surface area (Å²) in [7, 11) is 0.203. The van der Waals surface area contributed by atoms with Gasteiger partial charge in [-0.3, -0.25) is 0 Å². The Kier molecular flexibility index (Phi) is 4.81. The number of rotatable bonds is 3. The Morgan fingerprint density at radius 1 is 1.44 bits per heavy atom. The Balaban J connectivity index is 1.73. The largest absolute Gasteiger partial charge is 0.445 e. The van der Waals surface area contributed by atoms with Crippen molar-refractivity contribution < 1.29 is 9.53 Å². The number of carbonyl (C=O) groups excluding carboxylic acids is 1. The minimum Gasteiger partial charge on any atom is -0.445 e. The molecular weight excluding hydrogens is 246 g/mol. The summed E-state index contributed by atoms with van der Waals surface area (Å²) in [5, 5.41) is 2.93. The quantitative estimate of drug-likeness (QED) is 0.853. The molecule has 1 aliphatic rings. The van der Waals surface area contributed by atoms with Gasteiger partial charge >= 0.3 is 6.09 Å². The Morgan fingerprint density at radius 3 is 2.94 bits per heavy atom. The number of amides is 1. The number of nitrogens with one attached hydrogen (secondary N) is 1. The van der Waals surface area contributed by atoms with Crippen LogP contribution in [0.1, 0.15) is 18.4 Å². The van der Waals surface area contributed by atoms with Gasteiger partial charge in [0.15, 0.2) is 0 Å². The lowest BCUT2D eigenvalue weighted by Gasteiger charge is -2.24. The molecule has 1 aromatic rings. The molecule has 0 aliphatic carbocycles. The van der Waals surface area contributed by atoms with Crippen LogP contribution in [0.2, 0.25) is 0 Å². The number of ether oxygens (including phenoxy) is 1. The Bertz CT molecular complexity index is 419. The van der Waals surface area contributed by atoms with E-state index in [1.165, 1.54) is 5.75 Å². The van der Waals surface area contributed by atoms with Crippen molar-refractivity contribution in [2.24, 2.45) is 0 Å². The summed E-state index contributed by atoms with van der Waals surface area (Å²) in [5.74, 6) is 6.26. The minimum absolute atomic E-state index is 0.203. The highest BCUT2D eigenvalue weighted by atomic mass is 32.2. The number of hydrogen-bond acceptors (Lipinski definition) is 2. The number of hydrogen-bond donors (Lipinski definition) is 1. The van der Waals surface area contributed by atoms with E-state index in [4.69, 9.17) is 4.74 Å². The highest BCUT2D eigenvalue weighted by Crippen LogP contribution is 2.22. The molecule has 1 amide bonds. The molecule has 0 saturated carbocycles. The molecule has 1 aliphatic heterocycles. The van der Waals surface area contributed by atoms with Crippen molar-refractivity contribution in [2.75, 3.05) is 11.5 Å². The van der Waals surface area contributed by atoms with Gasteiger partial charge in [0.25, 0.3) is 0 Å². The molecule has 2 rings (SSSR count). The van der Waals surface area contributed by atoms with E-state index in [9.17, 15) is 4.79 Å². The first-order chi connectivity index (χ1) is 8.74. The number of benzene rings is 1. The fourth-order valence-electron chi connectivity index (χ4n) is 2.03. The van der Waals surface area contributed by atoms with Crippen LogP contribution in [0.3, 0.4) is 0 Å². The monoisotopic (exact) mass is 265 g/mol. The van der Waals surface area contributed by atoms with E-state index in [2.05, 4.69) is 11.2 Å². The van der Waals surface area contributed by atoms with Crippen LogP contribution in [-0.4, -0.2) is 29.5 Å². The lowest BCUT2D eigenvalue weighted by molar-refractivity contribution is 0.136. The lowest BCUT2D eigenvalue weighted by Crippen LogP contribution is -2.39. The first-order valence-corrected chi connectivity index (χ1v) is 7.91. The van der Waals surface area contributed by atoms with Crippen molar-refractivity contribution >= 4 is 22.4 Å². The van der Waals surface area contributed by atoms with Crippen molar-refractivity contribution in [3.63, 3.8) is 0 Å². The third kappa shape index (κ3) is 4.18. The van der Waals surface area contributed by atoms with Crippen molar-refractivity contribution in [1.29, 1.82) is 0 Å². The molecule has 2 atom stereocenters. The van der Waals surface area contributed by atoms with Crippen LogP contribution in [0.5, 0.6) is 0 Å². The normalized spacial score (nSPS) is 23.3. The smallest absolute Gasteiger partial charge is 0.407 e. The van der Waals surface area contributed by atoms with Crippen molar-refractivity contribution in [3.05, 3.63) is 35.9 Å². The molecule has 0 bridgehead atoms. The molecule has 0 aromatic heterocycles.